The molecule has 0 aromatic heterocycles. The molecule has 1 amide bonds. The molecule has 3 nitrogen and oxygen atoms in total. The molecule has 0 heterocycles. The van der Waals surface area contributed by atoms with Gasteiger partial charge in [0.15, 0.2) is 0 Å². The number of fused-ring (bicyclic) bond motifs is 1. The number of benzene rings is 2. The van der Waals surface area contributed by atoms with Gasteiger partial charge in [-0.2, -0.15) is 0 Å². The number of amides is 1. The van der Waals surface area contributed by atoms with E-state index in [-0.39, 0.29) is 5.91 Å². The Morgan fingerprint density at radius 3 is 2.68 bits per heavy atom. The molecule has 3 heteroatoms. The van der Waals surface area contributed by atoms with Gasteiger partial charge in [-0.05, 0) is 29.3 Å². The third-order valence-electron chi connectivity index (χ3n) is 3.10. The summed E-state index contributed by atoms with van der Waals surface area (Å²) in [5, 5.41) is 8.79. The zero-order valence-electron chi connectivity index (χ0n) is 11.3. The van der Waals surface area contributed by atoms with E-state index < -0.39 is 0 Å². The van der Waals surface area contributed by atoms with E-state index in [4.69, 9.17) is 0 Å². The van der Waals surface area contributed by atoms with Crippen LogP contribution in [0.3, 0.4) is 0 Å². The summed E-state index contributed by atoms with van der Waals surface area (Å²) in [7, 11) is 0. The van der Waals surface area contributed by atoms with Crippen LogP contribution in [0.25, 0.3) is 10.8 Å². The maximum absolute atomic E-state index is 10.7. The summed E-state index contributed by atoms with van der Waals surface area (Å²) in [4.78, 5) is 10.7. The predicted octanol–water partition coefficient (Wildman–Crippen LogP) is 2.46. The Labute approximate surface area is 114 Å². The third kappa shape index (κ3) is 4.07. The molecule has 2 rings (SSSR count). The van der Waals surface area contributed by atoms with Crippen LogP contribution in [0.2, 0.25) is 0 Å². The van der Waals surface area contributed by atoms with E-state index in [1.807, 2.05) is 0 Å². The first-order valence-corrected chi connectivity index (χ1v) is 6.69. The second kappa shape index (κ2) is 6.90. The average Bonchev–Trinajstić information content (AvgIpc) is 2.42. The van der Waals surface area contributed by atoms with Gasteiger partial charge in [-0.25, -0.2) is 0 Å². The first kappa shape index (κ1) is 13.6. The molecule has 2 aromatic rings. The van der Waals surface area contributed by atoms with E-state index in [1.54, 1.807) is 6.92 Å². The van der Waals surface area contributed by atoms with Crippen LogP contribution in [0.15, 0.2) is 42.5 Å². The van der Waals surface area contributed by atoms with Gasteiger partial charge in [0.2, 0.25) is 5.91 Å². The average molecular weight is 256 g/mol. The monoisotopic (exact) mass is 256 g/mol. The molecule has 0 saturated heterocycles. The molecule has 0 atom stereocenters. The van der Waals surface area contributed by atoms with Crippen LogP contribution in [-0.4, -0.2) is 19.0 Å². The SMILES string of the molecule is CC(=O)NCCCNCc1cccc2ccccc12. The smallest absolute Gasteiger partial charge is 0.216 e. The first-order chi connectivity index (χ1) is 9.27. The molecule has 0 saturated carbocycles. The number of nitrogens with one attached hydrogen (secondary N) is 2. The molecule has 0 aliphatic carbocycles. The van der Waals surface area contributed by atoms with Crippen molar-refractivity contribution < 1.29 is 4.79 Å². The summed E-state index contributed by atoms with van der Waals surface area (Å²) < 4.78 is 0. The van der Waals surface area contributed by atoms with Gasteiger partial charge in [-0.1, -0.05) is 42.5 Å². The minimum atomic E-state index is 0.0362. The quantitative estimate of drug-likeness (QED) is 0.779. The van der Waals surface area contributed by atoms with Crippen LogP contribution < -0.4 is 10.6 Å². The lowest BCUT2D eigenvalue weighted by Gasteiger charge is -2.08. The van der Waals surface area contributed by atoms with Crippen LogP contribution in [-0.2, 0) is 11.3 Å². The standard InChI is InChI=1S/C16H20N2O/c1-13(19)18-11-5-10-17-12-15-8-4-7-14-6-2-3-9-16(14)15/h2-4,6-9,17H,5,10-12H2,1H3,(H,18,19). The zero-order chi connectivity index (χ0) is 13.5. The Kier molecular flexibility index (Phi) is 4.93. The number of hydrogen-bond acceptors (Lipinski definition) is 2. The Hall–Kier alpha value is -1.87. The first-order valence-electron chi connectivity index (χ1n) is 6.69. The van der Waals surface area contributed by atoms with Crippen molar-refractivity contribution in [1.29, 1.82) is 0 Å². The number of hydrogen-bond donors (Lipinski definition) is 2. The summed E-state index contributed by atoms with van der Waals surface area (Å²) >= 11 is 0. The normalized spacial score (nSPS) is 10.6. The summed E-state index contributed by atoms with van der Waals surface area (Å²) in [6.07, 6.45) is 0.949. The molecule has 100 valence electrons. The van der Waals surface area contributed by atoms with E-state index in [1.165, 1.54) is 16.3 Å². The fraction of sp³-hybridized carbons (Fsp3) is 0.312. The molecule has 2 N–H and O–H groups in total. The number of carbonyl (C=O) groups excluding carboxylic acids is 1. The lowest BCUT2D eigenvalue weighted by Crippen LogP contribution is -2.25. The lowest BCUT2D eigenvalue weighted by molar-refractivity contribution is -0.118. The fourth-order valence-corrected chi connectivity index (χ4v) is 2.15. The van der Waals surface area contributed by atoms with E-state index in [0.717, 1.165) is 26.1 Å². The summed E-state index contributed by atoms with van der Waals surface area (Å²) in [5.74, 6) is 0.0362. The lowest BCUT2D eigenvalue weighted by atomic mass is 10.0. The van der Waals surface area contributed by atoms with Crippen LogP contribution in [0.4, 0.5) is 0 Å². The maximum atomic E-state index is 10.7. The molecular formula is C16H20N2O. The van der Waals surface area contributed by atoms with Gasteiger partial charge in [-0.3, -0.25) is 4.79 Å². The Morgan fingerprint density at radius 1 is 1.05 bits per heavy atom. The summed E-state index contributed by atoms with van der Waals surface area (Å²) in [5.41, 5.74) is 1.32. The van der Waals surface area contributed by atoms with E-state index >= 15 is 0 Å². The summed E-state index contributed by atoms with van der Waals surface area (Å²) in [6.45, 7) is 4.05. The molecule has 0 unspecified atom stereocenters. The molecule has 0 aliphatic rings. The molecule has 19 heavy (non-hydrogen) atoms. The molecule has 0 radical (unpaired) electrons. The topological polar surface area (TPSA) is 41.1 Å². The van der Waals surface area contributed by atoms with Gasteiger partial charge in [0.05, 0.1) is 0 Å². The minimum Gasteiger partial charge on any atom is -0.356 e. The van der Waals surface area contributed by atoms with Gasteiger partial charge >= 0.3 is 0 Å². The second-order valence-electron chi connectivity index (χ2n) is 4.65. The van der Waals surface area contributed by atoms with Crippen LogP contribution in [0, 0.1) is 0 Å². The molecule has 0 bridgehead atoms. The molecule has 0 fully saturated rings. The number of rotatable bonds is 6. The van der Waals surface area contributed by atoms with E-state index in [0.29, 0.717) is 0 Å². The van der Waals surface area contributed by atoms with Crippen molar-refractivity contribution in [3.05, 3.63) is 48.0 Å². The predicted molar refractivity (Wildman–Crippen MR) is 79.0 cm³/mol. The Morgan fingerprint density at radius 2 is 1.84 bits per heavy atom. The van der Waals surface area contributed by atoms with Crippen molar-refractivity contribution in [2.24, 2.45) is 0 Å². The highest BCUT2D eigenvalue weighted by atomic mass is 16.1. The van der Waals surface area contributed by atoms with Gasteiger partial charge < -0.3 is 10.6 Å². The second-order valence-corrected chi connectivity index (χ2v) is 4.65. The third-order valence-corrected chi connectivity index (χ3v) is 3.10. The van der Waals surface area contributed by atoms with Crippen molar-refractivity contribution in [3.63, 3.8) is 0 Å². The zero-order valence-corrected chi connectivity index (χ0v) is 11.3. The molecule has 2 aromatic carbocycles. The van der Waals surface area contributed by atoms with E-state index in [9.17, 15) is 4.79 Å². The minimum absolute atomic E-state index is 0.0362. The van der Waals surface area contributed by atoms with Crippen molar-refractivity contribution >= 4 is 16.7 Å². The molecule has 0 spiro atoms. The van der Waals surface area contributed by atoms with Gasteiger partial charge in [0.25, 0.3) is 0 Å². The molecule has 0 aliphatic heterocycles. The molecular weight excluding hydrogens is 236 g/mol. The highest BCUT2D eigenvalue weighted by Crippen LogP contribution is 2.17. The fourth-order valence-electron chi connectivity index (χ4n) is 2.15. The highest BCUT2D eigenvalue weighted by molar-refractivity contribution is 5.85. The van der Waals surface area contributed by atoms with E-state index in [2.05, 4.69) is 53.1 Å². The highest BCUT2D eigenvalue weighted by Gasteiger charge is 1.99. The summed E-state index contributed by atoms with van der Waals surface area (Å²) in [6, 6.07) is 14.8. The van der Waals surface area contributed by atoms with Crippen LogP contribution in [0.1, 0.15) is 18.9 Å². The van der Waals surface area contributed by atoms with Crippen molar-refractivity contribution in [2.75, 3.05) is 13.1 Å². The van der Waals surface area contributed by atoms with Crippen molar-refractivity contribution in [1.82, 2.24) is 10.6 Å². The maximum Gasteiger partial charge on any atom is 0.216 e. The Bertz CT molecular complexity index is 546. The van der Waals surface area contributed by atoms with Gasteiger partial charge in [0, 0.05) is 20.0 Å². The van der Waals surface area contributed by atoms with Crippen LogP contribution >= 0.6 is 0 Å². The van der Waals surface area contributed by atoms with Crippen LogP contribution in [0.5, 0.6) is 0 Å². The van der Waals surface area contributed by atoms with Crippen molar-refractivity contribution in [2.45, 2.75) is 19.9 Å². The Balaban J connectivity index is 1.83. The van der Waals surface area contributed by atoms with Crippen molar-refractivity contribution in [3.8, 4) is 0 Å². The van der Waals surface area contributed by atoms with Gasteiger partial charge in [0.1, 0.15) is 0 Å². The van der Waals surface area contributed by atoms with Gasteiger partial charge in [-0.15, -0.1) is 0 Å². The largest absolute Gasteiger partial charge is 0.356 e. The number of carbonyl (C=O) groups is 1.